The maximum absolute atomic E-state index is 12.7. The zero-order chi connectivity index (χ0) is 27.6. The number of amides is 1. The quantitative estimate of drug-likeness (QED) is 0.384. The number of H-pyrrole nitrogens is 1. The summed E-state index contributed by atoms with van der Waals surface area (Å²) < 4.78 is 13.8. The largest absolute Gasteiger partial charge is 0.444 e. The maximum atomic E-state index is 12.7. The highest BCUT2D eigenvalue weighted by Gasteiger charge is 2.43. The minimum atomic E-state index is -0.500. The number of ether oxygens (including phenoxy) is 2. The van der Waals surface area contributed by atoms with E-state index in [2.05, 4.69) is 20.5 Å². The Kier molecular flexibility index (Phi) is 5.88. The fraction of sp³-hybridized carbons (Fsp3) is 0.517. The van der Waals surface area contributed by atoms with E-state index in [1.54, 1.807) is 0 Å². The Hall–Kier alpha value is -3.86. The van der Waals surface area contributed by atoms with Crippen LogP contribution in [0.3, 0.4) is 0 Å². The van der Waals surface area contributed by atoms with Gasteiger partial charge in [-0.05, 0) is 46.1 Å². The topological polar surface area (TPSA) is 127 Å². The minimum absolute atomic E-state index is 0.0830. The number of carbonyl (C=O) groups excluding carboxylic acids is 1. The summed E-state index contributed by atoms with van der Waals surface area (Å²) in [6.07, 6.45) is 6.46. The number of nitrogens with zero attached hydrogens (tertiary/aromatic N) is 6. The monoisotopic (exact) mass is 544 g/mol. The summed E-state index contributed by atoms with van der Waals surface area (Å²) in [4.78, 5) is 35.0. The second-order valence-electron chi connectivity index (χ2n) is 12.3. The lowest BCUT2D eigenvalue weighted by molar-refractivity contribution is -0.0298. The first-order valence-electron chi connectivity index (χ1n) is 14.2. The Morgan fingerprint density at radius 1 is 1.12 bits per heavy atom. The van der Waals surface area contributed by atoms with Crippen LogP contribution in [0.4, 0.5) is 16.4 Å². The molecule has 3 unspecified atom stereocenters. The van der Waals surface area contributed by atoms with E-state index in [-0.39, 0.29) is 12.3 Å². The molecule has 0 aliphatic carbocycles. The number of hydrogen-bond acceptors (Lipinski definition) is 8. The van der Waals surface area contributed by atoms with Gasteiger partial charge in [0.05, 0.1) is 12.0 Å². The van der Waals surface area contributed by atoms with Crippen LogP contribution < -0.4 is 10.6 Å². The lowest BCUT2D eigenvalue weighted by Gasteiger charge is -2.26. The Balaban J connectivity index is 1.23. The van der Waals surface area contributed by atoms with Crippen LogP contribution >= 0.6 is 0 Å². The molecule has 7 rings (SSSR count). The number of fused-ring (bicyclic) bond motifs is 3. The molecule has 4 aromatic rings. The smallest absolute Gasteiger partial charge is 0.410 e. The summed E-state index contributed by atoms with van der Waals surface area (Å²) in [6.45, 7) is 9.39. The number of rotatable bonds is 3. The molecule has 3 fully saturated rings. The second-order valence-corrected chi connectivity index (χ2v) is 12.3. The third kappa shape index (κ3) is 4.42. The number of anilines is 2. The van der Waals surface area contributed by atoms with E-state index in [9.17, 15) is 4.79 Å². The van der Waals surface area contributed by atoms with Crippen molar-refractivity contribution in [3.63, 3.8) is 0 Å². The van der Waals surface area contributed by atoms with Crippen LogP contribution in [0.1, 0.15) is 46.3 Å². The van der Waals surface area contributed by atoms with Crippen molar-refractivity contribution in [2.75, 3.05) is 43.4 Å². The number of likely N-dealkylation sites (tertiary alicyclic amines) is 1. The first kappa shape index (κ1) is 25.1. The molecule has 0 saturated carbocycles. The summed E-state index contributed by atoms with van der Waals surface area (Å²) in [5, 5.41) is 0.984. The Bertz CT molecular complexity index is 1570. The van der Waals surface area contributed by atoms with Gasteiger partial charge in [0.25, 0.3) is 0 Å². The van der Waals surface area contributed by atoms with Gasteiger partial charge in [-0.15, -0.1) is 0 Å². The highest BCUT2D eigenvalue weighted by Crippen LogP contribution is 2.37. The molecule has 11 heteroatoms. The molecule has 3 atom stereocenters. The number of nitrogen functional groups attached to an aromatic ring is 1. The average Bonchev–Trinajstić information content (AvgIpc) is 3.70. The third-order valence-corrected chi connectivity index (χ3v) is 8.28. The molecule has 0 spiro atoms. The zero-order valence-corrected chi connectivity index (χ0v) is 23.3. The number of hydrogen-bond donors (Lipinski definition) is 2. The fourth-order valence-corrected chi connectivity index (χ4v) is 6.33. The van der Waals surface area contributed by atoms with E-state index in [0.29, 0.717) is 30.9 Å². The van der Waals surface area contributed by atoms with Gasteiger partial charge in [-0.25, -0.2) is 14.8 Å². The molecule has 6 heterocycles. The van der Waals surface area contributed by atoms with Gasteiger partial charge in [-0.1, -0.05) is 12.1 Å². The summed E-state index contributed by atoms with van der Waals surface area (Å²) >= 11 is 0. The molecular formula is C29H36N8O3. The van der Waals surface area contributed by atoms with Crippen molar-refractivity contribution >= 4 is 39.8 Å². The molecule has 40 heavy (non-hydrogen) atoms. The molecule has 1 amide bonds. The van der Waals surface area contributed by atoms with Gasteiger partial charge in [-0.2, -0.15) is 4.98 Å². The van der Waals surface area contributed by atoms with E-state index < -0.39 is 5.60 Å². The second kappa shape index (κ2) is 9.36. The van der Waals surface area contributed by atoms with Crippen molar-refractivity contribution in [1.29, 1.82) is 0 Å². The van der Waals surface area contributed by atoms with Crippen molar-refractivity contribution in [3.8, 4) is 11.3 Å². The van der Waals surface area contributed by atoms with Gasteiger partial charge in [0.1, 0.15) is 23.0 Å². The Labute approximate surface area is 232 Å². The normalized spacial score (nSPS) is 23.3. The molecule has 3 aliphatic heterocycles. The number of nitrogens with one attached hydrogen (secondary N) is 1. The molecule has 210 valence electrons. The lowest BCUT2D eigenvalue weighted by Crippen LogP contribution is -2.37. The van der Waals surface area contributed by atoms with Gasteiger partial charge >= 0.3 is 6.09 Å². The van der Waals surface area contributed by atoms with Gasteiger partial charge in [0.15, 0.2) is 5.65 Å². The lowest BCUT2D eigenvalue weighted by atomic mass is 10.0. The molecule has 0 bridgehead atoms. The van der Waals surface area contributed by atoms with Crippen LogP contribution in [-0.2, 0) is 9.47 Å². The number of benzene rings is 1. The first-order chi connectivity index (χ1) is 19.2. The predicted octanol–water partition coefficient (Wildman–Crippen LogP) is 4.56. The highest BCUT2D eigenvalue weighted by molar-refractivity contribution is 5.96. The van der Waals surface area contributed by atoms with Crippen LogP contribution in [0.5, 0.6) is 0 Å². The fourth-order valence-electron chi connectivity index (χ4n) is 6.33. The predicted molar refractivity (Wildman–Crippen MR) is 153 cm³/mol. The van der Waals surface area contributed by atoms with Crippen LogP contribution in [0.2, 0.25) is 0 Å². The molecule has 3 aliphatic rings. The minimum Gasteiger partial charge on any atom is -0.444 e. The van der Waals surface area contributed by atoms with E-state index in [0.717, 1.165) is 78.0 Å². The highest BCUT2D eigenvalue weighted by atomic mass is 16.6. The summed E-state index contributed by atoms with van der Waals surface area (Å²) in [5.41, 5.74) is 10.6. The maximum Gasteiger partial charge on any atom is 0.410 e. The number of aromatic nitrogens is 5. The molecular weight excluding hydrogens is 508 g/mol. The standard InChI is InChI=1S/C29H36N8O3/c1-29(2,3)40-28(38)36-14-18-12-35(13-19(18)15-36)27-33-24(17-7-8-20-21(30)11-31-22(20)10-17)25-26(34-27)37(16-32-25)23-6-4-5-9-39-23/h7-8,10-11,16,18-19,23,31H,4-6,9,12-15,30H2,1-3H3. The van der Waals surface area contributed by atoms with Gasteiger partial charge in [0, 0.05) is 67.3 Å². The van der Waals surface area contributed by atoms with Crippen LogP contribution in [0.25, 0.3) is 33.3 Å². The molecule has 3 saturated heterocycles. The average molecular weight is 545 g/mol. The summed E-state index contributed by atoms with van der Waals surface area (Å²) in [5.74, 6) is 1.38. The number of aromatic amines is 1. The number of imidazole rings is 1. The van der Waals surface area contributed by atoms with Crippen LogP contribution in [-0.4, -0.2) is 73.9 Å². The van der Waals surface area contributed by atoms with Gasteiger partial charge in [-0.3, -0.25) is 4.57 Å². The molecule has 3 aromatic heterocycles. The van der Waals surface area contributed by atoms with E-state index in [1.165, 1.54) is 0 Å². The van der Waals surface area contributed by atoms with Crippen molar-refractivity contribution in [2.24, 2.45) is 11.8 Å². The molecule has 0 radical (unpaired) electrons. The molecule has 1 aromatic carbocycles. The van der Waals surface area contributed by atoms with Gasteiger partial charge < -0.3 is 30.0 Å². The SMILES string of the molecule is CC(C)(C)OC(=O)N1CC2CN(c3nc(-c4ccc5c(N)c[nH]c5c4)c4ncn(C5CCCCO5)c4n3)CC2C1. The van der Waals surface area contributed by atoms with E-state index >= 15 is 0 Å². The number of nitrogens with two attached hydrogens (primary N) is 1. The molecule has 3 N–H and O–H groups in total. The van der Waals surface area contributed by atoms with E-state index in [1.807, 2.05) is 50.3 Å². The zero-order valence-electron chi connectivity index (χ0n) is 23.3. The number of carbonyl (C=O) groups is 1. The van der Waals surface area contributed by atoms with Crippen molar-refractivity contribution in [1.82, 2.24) is 29.4 Å². The van der Waals surface area contributed by atoms with Gasteiger partial charge in [0.2, 0.25) is 5.95 Å². The van der Waals surface area contributed by atoms with Crippen molar-refractivity contribution in [3.05, 3.63) is 30.7 Å². The van der Waals surface area contributed by atoms with Crippen molar-refractivity contribution < 1.29 is 14.3 Å². The summed E-state index contributed by atoms with van der Waals surface area (Å²) in [6, 6.07) is 6.15. The van der Waals surface area contributed by atoms with Crippen LogP contribution in [0, 0.1) is 11.8 Å². The van der Waals surface area contributed by atoms with Crippen molar-refractivity contribution in [2.45, 2.75) is 51.9 Å². The Morgan fingerprint density at radius 2 is 1.93 bits per heavy atom. The summed E-state index contributed by atoms with van der Waals surface area (Å²) in [7, 11) is 0. The Morgan fingerprint density at radius 3 is 2.65 bits per heavy atom. The third-order valence-electron chi connectivity index (χ3n) is 8.28. The first-order valence-corrected chi connectivity index (χ1v) is 14.2. The van der Waals surface area contributed by atoms with E-state index in [4.69, 9.17) is 30.2 Å². The molecule has 11 nitrogen and oxygen atoms in total. The van der Waals surface area contributed by atoms with Crippen LogP contribution in [0.15, 0.2) is 30.7 Å².